The highest BCUT2D eigenvalue weighted by Crippen LogP contribution is 2.22. The van der Waals surface area contributed by atoms with Gasteiger partial charge in [0.1, 0.15) is 13.2 Å². The molecule has 2 saturated heterocycles. The standard InChI is InChI=1S/C14H19NO2.C13H17NO3/c1-11-8-15(9-12(11)2)14(16)17-10-13-6-4-3-5-7-13;1-10-7-14(8-12(10)15)13(16)17-9-11-5-3-2-4-6-11/h3-7,11-12H,8-10H2,1-2H3;2-6,10,12,15H,7-9H2,1H3/t11-,12-;10-,12-/m00/s1. The number of β-amino-alcohol motifs (C(OH)–C–C–N with tert-alkyl or cyclic N) is 1. The van der Waals surface area contributed by atoms with E-state index >= 15 is 0 Å². The predicted octanol–water partition coefficient (Wildman–Crippen LogP) is 4.55. The monoisotopic (exact) mass is 468 g/mol. The van der Waals surface area contributed by atoms with Crippen LogP contribution in [0.15, 0.2) is 60.7 Å². The van der Waals surface area contributed by atoms with Crippen LogP contribution in [0.4, 0.5) is 9.59 Å². The Kier molecular flexibility index (Phi) is 9.33. The van der Waals surface area contributed by atoms with Gasteiger partial charge >= 0.3 is 12.2 Å². The normalized spacial score (nSPS) is 23.8. The first-order chi connectivity index (χ1) is 16.3. The number of carbonyl (C=O) groups is 2. The Labute approximate surface area is 202 Å². The van der Waals surface area contributed by atoms with E-state index in [4.69, 9.17) is 9.47 Å². The molecule has 2 fully saturated rings. The lowest BCUT2D eigenvalue weighted by Crippen LogP contribution is -2.30. The van der Waals surface area contributed by atoms with Crippen molar-refractivity contribution in [1.29, 1.82) is 0 Å². The van der Waals surface area contributed by atoms with E-state index in [2.05, 4.69) is 13.8 Å². The van der Waals surface area contributed by atoms with Gasteiger partial charge < -0.3 is 24.4 Å². The lowest BCUT2D eigenvalue weighted by atomic mass is 10.0. The van der Waals surface area contributed by atoms with Gasteiger partial charge in [-0.15, -0.1) is 0 Å². The molecular weight excluding hydrogens is 432 g/mol. The van der Waals surface area contributed by atoms with Crippen molar-refractivity contribution in [3.8, 4) is 0 Å². The zero-order chi connectivity index (χ0) is 24.5. The summed E-state index contributed by atoms with van der Waals surface area (Å²) in [7, 11) is 0. The van der Waals surface area contributed by atoms with Gasteiger partial charge in [-0.25, -0.2) is 9.59 Å². The zero-order valence-electron chi connectivity index (χ0n) is 20.3. The van der Waals surface area contributed by atoms with Gasteiger partial charge in [0.05, 0.1) is 12.6 Å². The van der Waals surface area contributed by atoms with Gasteiger partial charge in [-0.2, -0.15) is 0 Å². The number of rotatable bonds is 4. The maximum Gasteiger partial charge on any atom is 0.410 e. The number of benzene rings is 2. The minimum Gasteiger partial charge on any atom is -0.445 e. The largest absolute Gasteiger partial charge is 0.445 e. The summed E-state index contributed by atoms with van der Waals surface area (Å²) in [5, 5.41) is 9.55. The molecular formula is C27H36N2O5. The molecule has 2 amide bonds. The maximum atomic E-state index is 11.8. The second kappa shape index (κ2) is 12.4. The third-order valence-corrected chi connectivity index (χ3v) is 6.49. The Balaban J connectivity index is 0.000000191. The summed E-state index contributed by atoms with van der Waals surface area (Å²) in [6.45, 7) is 9.48. The van der Waals surface area contributed by atoms with E-state index < -0.39 is 6.10 Å². The lowest BCUT2D eigenvalue weighted by molar-refractivity contribution is 0.0968. The van der Waals surface area contributed by atoms with Crippen LogP contribution in [0.2, 0.25) is 0 Å². The highest BCUT2D eigenvalue weighted by molar-refractivity contribution is 5.68. The van der Waals surface area contributed by atoms with Crippen molar-refractivity contribution < 1.29 is 24.2 Å². The average molecular weight is 469 g/mol. The summed E-state index contributed by atoms with van der Waals surface area (Å²) in [4.78, 5) is 26.9. The molecule has 7 nitrogen and oxygen atoms in total. The molecule has 2 aliphatic rings. The van der Waals surface area contributed by atoms with Gasteiger partial charge in [0, 0.05) is 25.6 Å². The fraction of sp³-hybridized carbons (Fsp3) is 0.481. The molecule has 2 heterocycles. The first kappa shape index (κ1) is 25.6. The third-order valence-electron chi connectivity index (χ3n) is 6.49. The molecule has 2 aromatic carbocycles. The molecule has 0 spiro atoms. The van der Waals surface area contributed by atoms with Crippen molar-refractivity contribution in [2.45, 2.75) is 40.1 Å². The van der Waals surface area contributed by atoms with Crippen LogP contribution in [0.5, 0.6) is 0 Å². The molecule has 0 saturated carbocycles. The Morgan fingerprint density at radius 3 is 1.47 bits per heavy atom. The molecule has 0 aromatic heterocycles. The lowest BCUT2D eigenvalue weighted by Gasteiger charge is -2.15. The summed E-state index contributed by atoms with van der Waals surface area (Å²) < 4.78 is 10.5. The second-order valence-electron chi connectivity index (χ2n) is 9.39. The van der Waals surface area contributed by atoms with E-state index in [0.29, 0.717) is 31.5 Å². The van der Waals surface area contributed by atoms with Gasteiger partial charge in [0.25, 0.3) is 0 Å². The van der Waals surface area contributed by atoms with Gasteiger partial charge in [-0.1, -0.05) is 81.4 Å². The predicted molar refractivity (Wildman–Crippen MR) is 130 cm³/mol. The van der Waals surface area contributed by atoms with Crippen LogP contribution >= 0.6 is 0 Å². The Morgan fingerprint density at radius 2 is 1.09 bits per heavy atom. The van der Waals surface area contributed by atoms with Gasteiger partial charge in [-0.3, -0.25) is 0 Å². The Bertz CT molecular complexity index is 812. The molecule has 4 atom stereocenters. The molecule has 4 rings (SSSR count). The number of likely N-dealkylation sites (tertiary alicyclic amines) is 2. The number of ether oxygens (including phenoxy) is 2. The second-order valence-corrected chi connectivity index (χ2v) is 9.39. The van der Waals surface area contributed by atoms with Crippen LogP contribution in [0, 0.1) is 17.8 Å². The van der Waals surface area contributed by atoms with Crippen LogP contribution in [0.3, 0.4) is 0 Å². The van der Waals surface area contributed by atoms with Gasteiger partial charge in [0.2, 0.25) is 0 Å². The van der Waals surface area contributed by atoms with Crippen LogP contribution in [0.25, 0.3) is 0 Å². The zero-order valence-corrected chi connectivity index (χ0v) is 20.3. The number of hydrogen-bond acceptors (Lipinski definition) is 5. The molecule has 2 aromatic rings. The number of aliphatic hydroxyl groups is 1. The van der Waals surface area contributed by atoms with E-state index in [-0.39, 0.29) is 24.7 Å². The summed E-state index contributed by atoms with van der Waals surface area (Å²) >= 11 is 0. The molecule has 0 radical (unpaired) electrons. The summed E-state index contributed by atoms with van der Waals surface area (Å²) in [6, 6.07) is 19.3. The summed E-state index contributed by atoms with van der Waals surface area (Å²) in [5.41, 5.74) is 2.00. The van der Waals surface area contributed by atoms with Crippen molar-refractivity contribution in [2.75, 3.05) is 26.2 Å². The molecule has 184 valence electrons. The van der Waals surface area contributed by atoms with Gasteiger partial charge in [-0.05, 0) is 23.0 Å². The fourth-order valence-corrected chi connectivity index (χ4v) is 4.00. The fourth-order valence-electron chi connectivity index (χ4n) is 4.00. The Hall–Kier alpha value is -3.06. The van der Waals surface area contributed by atoms with Gasteiger partial charge in [0.15, 0.2) is 0 Å². The first-order valence-electron chi connectivity index (χ1n) is 11.9. The third kappa shape index (κ3) is 7.48. The molecule has 2 aliphatic heterocycles. The average Bonchev–Trinajstić information content (AvgIpc) is 3.38. The summed E-state index contributed by atoms with van der Waals surface area (Å²) in [5.74, 6) is 1.26. The minimum absolute atomic E-state index is 0.124. The van der Waals surface area contributed by atoms with Crippen molar-refractivity contribution in [1.82, 2.24) is 9.80 Å². The SMILES string of the molecule is C[C@H]1CN(C(=O)OCc2ccccc2)C[C@@H]1C.C[C@H]1CN(C(=O)OCc2ccccc2)C[C@@H]1O. The van der Waals surface area contributed by atoms with Crippen molar-refractivity contribution in [2.24, 2.45) is 17.8 Å². The smallest absolute Gasteiger partial charge is 0.410 e. The molecule has 0 aliphatic carbocycles. The molecule has 0 unspecified atom stereocenters. The Morgan fingerprint density at radius 1 is 0.706 bits per heavy atom. The van der Waals surface area contributed by atoms with Crippen LogP contribution in [0.1, 0.15) is 31.9 Å². The first-order valence-corrected chi connectivity index (χ1v) is 11.9. The molecule has 7 heteroatoms. The van der Waals surface area contributed by atoms with E-state index in [1.54, 1.807) is 9.80 Å². The van der Waals surface area contributed by atoms with Crippen LogP contribution in [-0.2, 0) is 22.7 Å². The van der Waals surface area contributed by atoms with E-state index in [1.807, 2.05) is 67.6 Å². The van der Waals surface area contributed by atoms with E-state index in [1.165, 1.54) is 0 Å². The number of carbonyl (C=O) groups excluding carboxylic acids is 2. The number of nitrogens with zero attached hydrogens (tertiary/aromatic N) is 2. The van der Waals surface area contributed by atoms with E-state index in [0.717, 1.165) is 24.2 Å². The minimum atomic E-state index is -0.431. The molecule has 0 bridgehead atoms. The highest BCUT2D eigenvalue weighted by atomic mass is 16.6. The molecule has 34 heavy (non-hydrogen) atoms. The molecule has 1 N–H and O–H groups in total. The quantitative estimate of drug-likeness (QED) is 0.712. The number of amides is 2. The van der Waals surface area contributed by atoms with Crippen molar-refractivity contribution in [3.63, 3.8) is 0 Å². The van der Waals surface area contributed by atoms with Crippen LogP contribution in [-0.4, -0.2) is 59.4 Å². The highest BCUT2D eigenvalue weighted by Gasteiger charge is 2.32. The maximum absolute atomic E-state index is 11.8. The topological polar surface area (TPSA) is 79.3 Å². The van der Waals surface area contributed by atoms with Crippen molar-refractivity contribution >= 4 is 12.2 Å². The number of aliphatic hydroxyl groups excluding tert-OH is 1. The van der Waals surface area contributed by atoms with E-state index in [9.17, 15) is 14.7 Å². The summed E-state index contributed by atoms with van der Waals surface area (Å²) in [6.07, 6.45) is -0.971. The number of hydrogen-bond donors (Lipinski definition) is 1. The van der Waals surface area contributed by atoms with Crippen molar-refractivity contribution in [3.05, 3.63) is 71.8 Å². The van der Waals surface area contributed by atoms with Crippen LogP contribution < -0.4 is 0 Å².